The molecule has 0 aromatic heterocycles. The maximum atomic E-state index is 13.5. The second-order valence-corrected chi connectivity index (χ2v) is 14.5. The lowest BCUT2D eigenvalue weighted by Crippen LogP contribution is -2.62. The molecule has 5 rings (SSSR count). The lowest BCUT2D eigenvalue weighted by atomic mass is 9.45. The van der Waals surface area contributed by atoms with Crippen LogP contribution in [0.25, 0.3) is 0 Å². The molecule has 14 nitrogen and oxygen atoms in total. The molecule has 1 aromatic rings. The van der Waals surface area contributed by atoms with Crippen LogP contribution in [0.2, 0.25) is 0 Å². The number of ketones is 2. The third-order valence-corrected chi connectivity index (χ3v) is 11.9. The van der Waals surface area contributed by atoms with Crippen molar-refractivity contribution in [1.82, 2.24) is 5.32 Å². The molecule has 3 fully saturated rings. The first-order chi connectivity index (χ1) is 23.0. The number of carbonyl (C=O) groups excluding carboxylic acids is 5. The van der Waals surface area contributed by atoms with Crippen molar-refractivity contribution in [3.05, 3.63) is 35.4 Å². The van der Waals surface area contributed by atoms with Gasteiger partial charge in [-0.05, 0) is 79.4 Å². The van der Waals surface area contributed by atoms with Gasteiger partial charge in [0.15, 0.2) is 12.4 Å². The first kappa shape index (κ1) is 36.4. The number of Topliss-reactive ketones (excluding diaryl/α,β-unsaturated/α-hetero) is 1. The summed E-state index contributed by atoms with van der Waals surface area (Å²) in [7, 11) is 1.11. The number of nitrogens with one attached hydrogen (secondary N) is 1. The van der Waals surface area contributed by atoms with Gasteiger partial charge < -0.3 is 30.1 Å². The lowest BCUT2D eigenvalue weighted by Gasteiger charge is -2.60. The van der Waals surface area contributed by atoms with Gasteiger partial charge in [0.25, 0.3) is 0 Å². The summed E-state index contributed by atoms with van der Waals surface area (Å²) in [6.45, 7) is 3.26. The zero-order valence-electron chi connectivity index (χ0n) is 28.0. The third kappa shape index (κ3) is 6.71. The van der Waals surface area contributed by atoms with Crippen molar-refractivity contribution in [3.8, 4) is 5.75 Å². The Labute approximate surface area is 284 Å². The normalized spacial score (nSPS) is 32.5. The van der Waals surface area contributed by atoms with E-state index in [1.165, 1.54) is 6.07 Å². The highest BCUT2D eigenvalue weighted by atomic mass is 16.8. The van der Waals surface area contributed by atoms with Gasteiger partial charge in [-0.3, -0.25) is 29.6 Å². The number of esters is 2. The number of anilines is 1. The number of allylic oxidation sites excluding steroid dienone is 1. The molecule has 0 aliphatic heterocycles. The van der Waals surface area contributed by atoms with Crippen LogP contribution in [0, 0.1) is 28.6 Å². The molecule has 0 saturated heterocycles. The number of amides is 1. The fraction of sp³-hybridized carbons (Fsp3) is 0.629. The van der Waals surface area contributed by atoms with Gasteiger partial charge in [0.2, 0.25) is 11.7 Å². The maximum absolute atomic E-state index is 13.5. The van der Waals surface area contributed by atoms with Crippen LogP contribution in [-0.4, -0.2) is 81.5 Å². The van der Waals surface area contributed by atoms with Crippen molar-refractivity contribution in [2.75, 3.05) is 18.9 Å². The van der Waals surface area contributed by atoms with Crippen LogP contribution in [0.1, 0.15) is 77.2 Å². The molecule has 268 valence electrons. The highest BCUT2D eigenvalue weighted by Crippen LogP contribution is 2.67. The molecule has 14 heteroatoms. The molecule has 5 N–H and O–H groups in total. The van der Waals surface area contributed by atoms with E-state index in [2.05, 4.69) is 12.2 Å². The number of nitrogens with zero attached hydrogens (tertiary/aromatic N) is 1. The van der Waals surface area contributed by atoms with Crippen LogP contribution in [-0.2, 0) is 39.9 Å². The fourth-order valence-corrected chi connectivity index (χ4v) is 9.39. The van der Waals surface area contributed by atoms with E-state index in [0.717, 1.165) is 37.7 Å². The summed E-state index contributed by atoms with van der Waals surface area (Å²) in [5.41, 5.74) is -2.13. The number of aliphatic hydroxyl groups excluding tert-OH is 1. The average Bonchev–Trinajstić information content (AvgIpc) is 3.33. The SMILES string of the molecule is COC(=O)C(Cc1ccc([O-])c(N(O)O)c1)NC(=O)CCC(=O)OCC(=O)C1(O)CCC2C3CCC4=CC(=O)CCC4(C)C3C(O)CC21C. The van der Waals surface area contributed by atoms with E-state index in [0.29, 0.717) is 24.8 Å². The third-order valence-electron chi connectivity index (χ3n) is 11.9. The molecule has 0 radical (unpaired) electrons. The summed E-state index contributed by atoms with van der Waals surface area (Å²) >= 11 is 0. The first-order valence-electron chi connectivity index (χ1n) is 16.7. The topological polar surface area (TPSA) is 223 Å². The van der Waals surface area contributed by atoms with E-state index in [-0.39, 0.29) is 53.4 Å². The summed E-state index contributed by atoms with van der Waals surface area (Å²) in [4.78, 5) is 63.3. The Hall–Kier alpha value is -3.85. The number of rotatable bonds is 11. The predicted molar refractivity (Wildman–Crippen MR) is 168 cm³/mol. The van der Waals surface area contributed by atoms with Gasteiger partial charge >= 0.3 is 11.9 Å². The highest BCUT2D eigenvalue weighted by molar-refractivity contribution is 5.92. The Kier molecular flexibility index (Phi) is 10.3. The largest absolute Gasteiger partial charge is 0.871 e. The van der Waals surface area contributed by atoms with E-state index >= 15 is 0 Å². The quantitative estimate of drug-likeness (QED) is 0.165. The molecular formula is C35H45N2O12-. The summed E-state index contributed by atoms with van der Waals surface area (Å²) in [5.74, 6) is -3.67. The van der Waals surface area contributed by atoms with Crippen molar-refractivity contribution < 1.29 is 59.2 Å². The number of hydrogen-bond acceptors (Lipinski definition) is 13. The second kappa shape index (κ2) is 13.8. The van der Waals surface area contributed by atoms with Crippen LogP contribution in [0.3, 0.4) is 0 Å². The van der Waals surface area contributed by atoms with Gasteiger partial charge in [0, 0.05) is 24.7 Å². The number of aliphatic hydroxyl groups is 2. The number of fused-ring (bicyclic) bond motifs is 5. The molecule has 3 saturated carbocycles. The molecule has 1 amide bonds. The molecule has 1 aromatic carbocycles. The van der Waals surface area contributed by atoms with Gasteiger partial charge in [0.05, 0.1) is 25.3 Å². The van der Waals surface area contributed by atoms with Crippen LogP contribution in [0.15, 0.2) is 29.8 Å². The monoisotopic (exact) mass is 685 g/mol. The summed E-state index contributed by atoms with van der Waals surface area (Å²) < 4.78 is 9.94. The van der Waals surface area contributed by atoms with E-state index in [9.17, 15) is 49.7 Å². The number of benzene rings is 1. The van der Waals surface area contributed by atoms with Crippen LogP contribution in [0.5, 0.6) is 5.75 Å². The number of ether oxygens (including phenoxy) is 2. The van der Waals surface area contributed by atoms with Gasteiger partial charge in [-0.25, -0.2) is 4.79 Å². The fourth-order valence-electron chi connectivity index (χ4n) is 9.39. The predicted octanol–water partition coefficient (Wildman–Crippen LogP) is 1.67. The molecule has 49 heavy (non-hydrogen) atoms. The standard InChI is InChI=1S/C35H46N2O12/c1-33-12-10-21(38)16-20(33)5-6-22-23-11-13-35(45,34(23,2)17-27(40)31(22)33)28(41)18-49-30(43)9-8-29(42)36-24(32(44)48-3)14-19-4-7-26(39)25(15-19)37(46)47/h4,7,15-16,22-24,27,31,39-40,45-47H,5-6,8-14,17-18H2,1-3H3,(H,36,42)/p-1. The first-order valence-corrected chi connectivity index (χ1v) is 16.7. The Balaban J connectivity index is 1.16. The van der Waals surface area contributed by atoms with E-state index in [1.54, 1.807) is 6.08 Å². The summed E-state index contributed by atoms with van der Waals surface area (Å²) in [6.07, 6.45) is 3.54. The number of hydrogen-bond donors (Lipinski definition) is 5. The molecule has 4 aliphatic carbocycles. The molecule has 8 unspecified atom stereocenters. The zero-order valence-corrected chi connectivity index (χ0v) is 28.0. The molecule has 0 bridgehead atoms. The summed E-state index contributed by atoms with van der Waals surface area (Å²) in [5, 5.41) is 55.8. The van der Waals surface area contributed by atoms with Crippen molar-refractivity contribution in [3.63, 3.8) is 0 Å². The molecule has 4 aliphatic rings. The highest BCUT2D eigenvalue weighted by Gasteiger charge is 2.68. The average molecular weight is 686 g/mol. The Bertz CT molecular complexity index is 1540. The maximum Gasteiger partial charge on any atom is 0.328 e. The van der Waals surface area contributed by atoms with Crippen LogP contribution < -0.4 is 15.6 Å². The molecular weight excluding hydrogens is 640 g/mol. The van der Waals surface area contributed by atoms with E-state index in [4.69, 9.17) is 9.47 Å². The van der Waals surface area contributed by atoms with Crippen molar-refractivity contribution >= 4 is 35.1 Å². The molecule has 0 heterocycles. The Morgan fingerprint density at radius 2 is 1.84 bits per heavy atom. The second-order valence-electron chi connectivity index (χ2n) is 14.5. The van der Waals surface area contributed by atoms with Gasteiger partial charge in [-0.1, -0.05) is 37.3 Å². The Morgan fingerprint density at radius 1 is 1.10 bits per heavy atom. The van der Waals surface area contributed by atoms with Crippen molar-refractivity contribution in [2.45, 2.75) is 95.8 Å². The van der Waals surface area contributed by atoms with Crippen molar-refractivity contribution in [1.29, 1.82) is 0 Å². The lowest BCUT2D eigenvalue weighted by molar-refractivity contribution is -0.268. The molecule has 0 spiro atoms. The van der Waals surface area contributed by atoms with Gasteiger partial charge in [-0.2, -0.15) is 0 Å². The van der Waals surface area contributed by atoms with Crippen LogP contribution >= 0.6 is 0 Å². The van der Waals surface area contributed by atoms with E-state index in [1.807, 2.05) is 6.92 Å². The minimum Gasteiger partial charge on any atom is -0.871 e. The smallest absolute Gasteiger partial charge is 0.328 e. The van der Waals surface area contributed by atoms with Crippen molar-refractivity contribution in [2.24, 2.45) is 28.6 Å². The number of carbonyl (C=O) groups is 5. The number of methoxy groups -OCH3 is 1. The van der Waals surface area contributed by atoms with Gasteiger partial charge in [0.1, 0.15) is 11.6 Å². The minimum atomic E-state index is -1.82. The van der Waals surface area contributed by atoms with Crippen LogP contribution in [0.4, 0.5) is 5.69 Å². The molecule has 8 atom stereocenters. The summed E-state index contributed by atoms with van der Waals surface area (Å²) in [6, 6.07) is 2.32. The Morgan fingerprint density at radius 3 is 2.53 bits per heavy atom. The van der Waals surface area contributed by atoms with E-state index < -0.39 is 77.7 Å². The minimum absolute atomic E-state index is 0.0379. The van der Waals surface area contributed by atoms with Gasteiger partial charge in [-0.15, -0.1) is 5.23 Å². The zero-order chi connectivity index (χ0) is 35.9.